The average molecular weight is 271 g/mol. The van der Waals surface area contributed by atoms with Crippen molar-refractivity contribution in [2.24, 2.45) is 0 Å². The van der Waals surface area contributed by atoms with Crippen LogP contribution in [0.15, 0.2) is 36.5 Å². The molecule has 0 aliphatic carbocycles. The molecule has 0 fully saturated rings. The number of rotatable bonds is 4. The Morgan fingerprint density at radius 3 is 2.60 bits per heavy atom. The van der Waals surface area contributed by atoms with Gasteiger partial charge in [0, 0.05) is 25.0 Å². The van der Waals surface area contributed by atoms with E-state index in [4.69, 9.17) is 5.73 Å². The molecule has 2 aromatic rings. The van der Waals surface area contributed by atoms with Crippen LogP contribution >= 0.6 is 0 Å². The SMILES string of the molecule is CCN(C(=O)c1cc(N)cn1CC)c1ccccc1C. The topological polar surface area (TPSA) is 51.3 Å². The first-order chi connectivity index (χ1) is 9.58. The predicted molar refractivity (Wildman–Crippen MR) is 83.0 cm³/mol. The summed E-state index contributed by atoms with van der Waals surface area (Å²) in [5.41, 5.74) is 9.10. The van der Waals surface area contributed by atoms with Crippen LogP contribution in [-0.4, -0.2) is 17.0 Å². The summed E-state index contributed by atoms with van der Waals surface area (Å²) in [6, 6.07) is 9.65. The molecular formula is C16H21N3O. The Labute approximate surface area is 119 Å². The molecule has 1 amide bonds. The number of hydrogen-bond acceptors (Lipinski definition) is 2. The van der Waals surface area contributed by atoms with Crippen molar-refractivity contribution in [3.8, 4) is 0 Å². The lowest BCUT2D eigenvalue weighted by Gasteiger charge is -2.23. The Morgan fingerprint density at radius 2 is 2.00 bits per heavy atom. The fourth-order valence-electron chi connectivity index (χ4n) is 2.40. The minimum absolute atomic E-state index is 0.0136. The number of benzene rings is 1. The lowest BCUT2D eigenvalue weighted by molar-refractivity contribution is 0.0979. The molecule has 0 saturated heterocycles. The van der Waals surface area contributed by atoms with Gasteiger partial charge in [0.2, 0.25) is 0 Å². The molecule has 1 aromatic carbocycles. The van der Waals surface area contributed by atoms with Crippen LogP contribution in [0.25, 0.3) is 0 Å². The summed E-state index contributed by atoms with van der Waals surface area (Å²) in [5, 5.41) is 0. The Hall–Kier alpha value is -2.23. The molecule has 0 unspecified atom stereocenters. The first kappa shape index (κ1) is 14.2. The quantitative estimate of drug-likeness (QED) is 0.929. The number of carbonyl (C=O) groups excluding carboxylic acids is 1. The maximum absolute atomic E-state index is 12.8. The highest BCUT2D eigenvalue weighted by atomic mass is 16.2. The molecular weight excluding hydrogens is 250 g/mol. The van der Waals surface area contributed by atoms with E-state index >= 15 is 0 Å². The van der Waals surface area contributed by atoms with Crippen molar-refractivity contribution in [1.29, 1.82) is 0 Å². The molecule has 4 nitrogen and oxygen atoms in total. The van der Waals surface area contributed by atoms with Gasteiger partial charge in [0.15, 0.2) is 0 Å². The summed E-state index contributed by atoms with van der Waals surface area (Å²) < 4.78 is 1.89. The summed E-state index contributed by atoms with van der Waals surface area (Å²) in [7, 11) is 0. The molecule has 0 saturated carbocycles. The van der Waals surface area contributed by atoms with Crippen LogP contribution in [0.2, 0.25) is 0 Å². The van der Waals surface area contributed by atoms with Crippen molar-refractivity contribution in [2.75, 3.05) is 17.2 Å². The first-order valence-corrected chi connectivity index (χ1v) is 6.91. The summed E-state index contributed by atoms with van der Waals surface area (Å²) in [6.45, 7) is 7.34. The third-order valence-electron chi connectivity index (χ3n) is 3.45. The Morgan fingerprint density at radius 1 is 1.30 bits per heavy atom. The smallest absolute Gasteiger partial charge is 0.274 e. The maximum Gasteiger partial charge on any atom is 0.274 e. The van der Waals surface area contributed by atoms with E-state index in [9.17, 15) is 4.79 Å². The van der Waals surface area contributed by atoms with Gasteiger partial charge in [-0.2, -0.15) is 0 Å². The predicted octanol–water partition coefficient (Wildman–Crippen LogP) is 3.07. The van der Waals surface area contributed by atoms with Gasteiger partial charge in [-0.1, -0.05) is 18.2 Å². The standard InChI is InChI=1S/C16H21N3O/c1-4-18-11-13(17)10-15(18)16(20)19(5-2)14-9-7-6-8-12(14)3/h6-11H,4-5,17H2,1-3H3. The van der Waals surface area contributed by atoms with Crippen LogP contribution in [0.5, 0.6) is 0 Å². The molecule has 1 aromatic heterocycles. The number of para-hydroxylation sites is 1. The molecule has 4 heteroatoms. The third kappa shape index (κ3) is 2.54. The van der Waals surface area contributed by atoms with E-state index in [1.165, 1.54) is 0 Å². The van der Waals surface area contributed by atoms with Crippen molar-refractivity contribution in [3.63, 3.8) is 0 Å². The Bertz CT molecular complexity index is 616. The van der Waals surface area contributed by atoms with Gasteiger partial charge in [-0.25, -0.2) is 0 Å². The van der Waals surface area contributed by atoms with Gasteiger partial charge >= 0.3 is 0 Å². The van der Waals surface area contributed by atoms with E-state index in [0.29, 0.717) is 17.9 Å². The molecule has 0 aliphatic heterocycles. The zero-order valence-corrected chi connectivity index (χ0v) is 12.3. The maximum atomic E-state index is 12.8. The van der Waals surface area contributed by atoms with Crippen molar-refractivity contribution in [1.82, 2.24) is 4.57 Å². The van der Waals surface area contributed by atoms with E-state index in [1.54, 1.807) is 17.2 Å². The fourth-order valence-corrected chi connectivity index (χ4v) is 2.40. The molecule has 0 atom stereocenters. The summed E-state index contributed by atoms with van der Waals surface area (Å²) in [5.74, 6) is -0.0136. The third-order valence-corrected chi connectivity index (χ3v) is 3.45. The van der Waals surface area contributed by atoms with Gasteiger partial charge in [0.1, 0.15) is 5.69 Å². The highest BCUT2D eigenvalue weighted by Crippen LogP contribution is 2.22. The van der Waals surface area contributed by atoms with Crippen molar-refractivity contribution < 1.29 is 4.79 Å². The zero-order chi connectivity index (χ0) is 14.7. The van der Waals surface area contributed by atoms with E-state index < -0.39 is 0 Å². The molecule has 1 heterocycles. The first-order valence-electron chi connectivity index (χ1n) is 6.91. The number of nitrogens with two attached hydrogens (primary N) is 1. The number of aromatic nitrogens is 1. The highest BCUT2D eigenvalue weighted by Gasteiger charge is 2.20. The fraction of sp³-hybridized carbons (Fsp3) is 0.312. The van der Waals surface area contributed by atoms with Crippen LogP contribution in [0.4, 0.5) is 11.4 Å². The lowest BCUT2D eigenvalue weighted by Crippen LogP contribution is -2.32. The van der Waals surface area contributed by atoms with Crippen LogP contribution < -0.4 is 10.6 Å². The summed E-state index contributed by atoms with van der Waals surface area (Å²) in [6.07, 6.45) is 1.80. The van der Waals surface area contributed by atoms with Gasteiger partial charge in [0.25, 0.3) is 5.91 Å². The van der Waals surface area contributed by atoms with Crippen LogP contribution in [0.3, 0.4) is 0 Å². The van der Waals surface area contributed by atoms with Gasteiger partial charge in [-0.05, 0) is 38.5 Å². The minimum atomic E-state index is -0.0136. The van der Waals surface area contributed by atoms with Gasteiger partial charge < -0.3 is 15.2 Å². The molecule has 2 N–H and O–H groups in total. The number of hydrogen-bond donors (Lipinski definition) is 1. The summed E-state index contributed by atoms with van der Waals surface area (Å²) in [4.78, 5) is 14.6. The van der Waals surface area contributed by atoms with Crippen LogP contribution in [0.1, 0.15) is 29.9 Å². The monoisotopic (exact) mass is 271 g/mol. The van der Waals surface area contributed by atoms with Crippen molar-refractivity contribution in [2.45, 2.75) is 27.3 Å². The second kappa shape index (κ2) is 5.82. The number of amides is 1. The Balaban J connectivity index is 2.42. The van der Waals surface area contributed by atoms with Gasteiger partial charge in [-0.15, -0.1) is 0 Å². The van der Waals surface area contributed by atoms with E-state index in [1.807, 2.05) is 49.6 Å². The number of anilines is 2. The molecule has 2 rings (SSSR count). The number of aryl methyl sites for hydroxylation is 2. The lowest BCUT2D eigenvalue weighted by atomic mass is 10.1. The molecule has 106 valence electrons. The van der Waals surface area contributed by atoms with Crippen LogP contribution in [-0.2, 0) is 6.54 Å². The van der Waals surface area contributed by atoms with Gasteiger partial charge in [-0.3, -0.25) is 4.79 Å². The van der Waals surface area contributed by atoms with Crippen molar-refractivity contribution in [3.05, 3.63) is 47.8 Å². The molecule has 0 aliphatic rings. The van der Waals surface area contributed by atoms with Gasteiger partial charge in [0.05, 0.1) is 5.69 Å². The second-order valence-electron chi connectivity index (χ2n) is 4.78. The molecule has 0 radical (unpaired) electrons. The van der Waals surface area contributed by atoms with E-state index in [0.717, 1.165) is 17.8 Å². The molecule has 20 heavy (non-hydrogen) atoms. The van der Waals surface area contributed by atoms with E-state index in [2.05, 4.69) is 0 Å². The number of nitrogens with zero attached hydrogens (tertiary/aromatic N) is 2. The van der Waals surface area contributed by atoms with Crippen LogP contribution in [0, 0.1) is 6.92 Å². The van der Waals surface area contributed by atoms with E-state index in [-0.39, 0.29) is 5.91 Å². The average Bonchev–Trinajstić information content (AvgIpc) is 2.82. The normalized spacial score (nSPS) is 10.6. The largest absolute Gasteiger partial charge is 0.397 e. The minimum Gasteiger partial charge on any atom is -0.397 e. The Kier molecular flexibility index (Phi) is 4.13. The second-order valence-corrected chi connectivity index (χ2v) is 4.78. The highest BCUT2D eigenvalue weighted by molar-refractivity contribution is 6.06. The summed E-state index contributed by atoms with van der Waals surface area (Å²) >= 11 is 0. The molecule has 0 spiro atoms. The number of nitrogen functional groups attached to an aromatic ring is 1. The number of carbonyl (C=O) groups is 1. The zero-order valence-electron chi connectivity index (χ0n) is 12.3. The molecule has 0 bridgehead atoms. The van der Waals surface area contributed by atoms with Crippen molar-refractivity contribution >= 4 is 17.3 Å².